The van der Waals surface area contributed by atoms with Gasteiger partial charge < -0.3 is 10.5 Å². The van der Waals surface area contributed by atoms with Crippen LogP contribution in [0.2, 0.25) is 0 Å². The summed E-state index contributed by atoms with van der Waals surface area (Å²) < 4.78 is 6.64. The van der Waals surface area contributed by atoms with E-state index in [1.165, 1.54) is 25.7 Å². The Morgan fingerprint density at radius 1 is 1.25 bits per heavy atom. The van der Waals surface area contributed by atoms with Gasteiger partial charge in [0.2, 0.25) is 11.8 Å². The minimum atomic E-state index is 0.256. The molecule has 88 valence electrons. The van der Waals surface area contributed by atoms with Crippen molar-refractivity contribution >= 4 is 21.9 Å². The maximum atomic E-state index is 5.87. The Kier molecular flexibility index (Phi) is 3.98. The lowest BCUT2D eigenvalue weighted by molar-refractivity contribution is 0.175. The number of hydrogen-bond acceptors (Lipinski definition) is 4. The molecule has 1 aromatic rings. The number of nitrogen functional groups attached to an aromatic ring is 1. The predicted molar refractivity (Wildman–Crippen MR) is 66.3 cm³/mol. The summed E-state index contributed by atoms with van der Waals surface area (Å²) in [7, 11) is 0. The summed E-state index contributed by atoms with van der Waals surface area (Å²) in [5, 5.41) is 0. The highest BCUT2D eigenvalue weighted by molar-refractivity contribution is 9.10. The second kappa shape index (κ2) is 5.48. The van der Waals surface area contributed by atoms with Crippen molar-refractivity contribution in [3.63, 3.8) is 0 Å². The lowest BCUT2D eigenvalue weighted by Gasteiger charge is -2.16. The first-order chi connectivity index (χ1) is 7.75. The van der Waals surface area contributed by atoms with Crippen molar-refractivity contribution in [3.05, 3.63) is 10.7 Å². The number of aromatic nitrogens is 2. The highest BCUT2D eigenvalue weighted by atomic mass is 79.9. The van der Waals surface area contributed by atoms with Gasteiger partial charge in [-0.05, 0) is 41.6 Å². The first-order valence-corrected chi connectivity index (χ1v) is 6.49. The van der Waals surface area contributed by atoms with Crippen molar-refractivity contribution in [3.8, 4) is 5.88 Å². The van der Waals surface area contributed by atoms with Gasteiger partial charge in [0.05, 0.1) is 10.7 Å². The summed E-state index contributed by atoms with van der Waals surface area (Å²) in [6.07, 6.45) is 9.22. The molecule has 0 unspecified atom stereocenters. The Hall–Kier alpha value is -0.840. The predicted octanol–water partition coefficient (Wildman–Crippen LogP) is 2.92. The van der Waals surface area contributed by atoms with Crippen LogP contribution in [0.5, 0.6) is 5.88 Å². The first-order valence-electron chi connectivity index (χ1n) is 5.70. The fourth-order valence-corrected chi connectivity index (χ4v) is 2.25. The molecule has 0 radical (unpaired) electrons. The quantitative estimate of drug-likeness (QED) is 0.849. The molecule has 0 bridgehead atoms. The zero-order valence-electron chi connectivity index (χ0n) is 9.16. The molecule has 2 rings (SSSR count). The third-order valence-corrected chi connectivity index (χ3v) is 3.36. The Morgan fingerprint density at radius 2 is 1.94 bits per heavy atom. The number of rotatable bonds is 2. The molecule has 5 heteroatoms. The van der Waals surface area contributed by atoms with Crippen LogP contribution in [0.4, 0.5) is 5.95 Å². The molecule has 0 spiro atoms. The minimum Gasteiger partial charge on any atom is -0.473 e. The van der Waals surface area contributed by atoms with E-state index in [0.29, 0.717) is 5.88 Å². The fraction of sp³-hybridized carbons (Fsp3) is 0.636. The van der Waals surface area contributed by atoms with Gasteiger partial charge in [-0.3, -0.25) is 0 Å². The number of ether oxygens (including phenoxy) is 1. The molecule has 1 heterocycles. The summed E-state index contributed by atoms with van der Waals surface area (Å²) in [5.41, 5.74) is 5.54. The SMILES string of the molecule is Nc1ncc(Br)c(OC2CCCCCC2)n1. The van der Waals surface area contributed by atoms with Crippen molar-refractivity contribution in [1.29, 1.82) is 0 Å². The van der Waals surface area contributed by atoms with E-state index >= 15 is 0 Å². The number of nitrogens with zero attached hydrogens (tertiary/aromatic N) is 2. The molecule has 1 saturated carbocycles. The summed E-state index contributed by atoms with van der Waals surface area (Å²) in [6.45, 7) is 0. The Morgan fingerprint density at radius 3 is 2.62 bits per heavy atom. The Labute approximate surface area is 104 Å². The Balaban J connectivity index is 2.04. The molecule has 2 N–H and O–H groups in total. The van der Waals surface area contributed by atoms with Crippen LogP contribution < -0.4 is 10.5 Å². The minimum absolute atomic E-state index is 0.256. The zero-order valence-corrected chi connectivity index (χ0v) is 10.7. The third kappa shape index (κ3) is 3.07. The largest absolute Gasteiger partial charge is 0.473 e. The number of hydrogen-bond donors (Lipinski definition) is 1. The third-order valence-electron chi connectivity index (χ3n) is 2.81. The fourth-order valence-electron chi connectivity index (χ4n) is 1.96. The lowest BCUT2D eigenvalue weighted by Crippen LogP contribution is -2.16. The molecule has 4 nitrogen and oxygen atoms in total. The van der Waals surface area contributed by atoms with E-state index in [2.05, 4.69) is 25.9 Å². The summed E-state index contributed by atoms with van der Waals surface area (Å²) in [4.78, 5) is 7.99. The number of nitrogens with two attached hydrogens (primary N) is 1. The Bertz CT molecular complexity index is 351. The highest BCUT2D eigenvalue weighted by Crippen LogP contribution is 2.27. The highest BCUT2D eigenvalue weighted by Gasteiger charge is 2.16. The van der Waals surface area contributed by atoms with Gasteiger partial charge in [0.1, 0.15) is 6.10 Å². The van der Waals surface area contributed by atoms with Gasteiger partial charge >= 0.3 is 0 Å². The van der Waals surface area contributed by atoms with Gasteiger partial charge in [0.25, 0.3) is 0 Å². The maximum Gasteiger partial charge on any atom is 0.233 e. The summed E-state index contributed by atoms with van der Waals surface area (Å²) in [6, 6.07) is 0. The smallest absolute Gasteiger partial charge is 0.233 e. The van der Waals surface area contributed by atoms with Crippen molar-refractivity contribution in [2.24, 2.45) is 0 Å². The molecule has 16 heavy (non-hydrogen) atoms. The van der Waals surface area contributed by atoms with Crippen LogP contribution >= 0.6 is 15.9 Å². The van der Waals surface area contributed by atoms with Gasteiger partial charge in [-0.1, -0.05) is 12.8 Å². The molecule has 0 aromatic carbocycles. The standard InChI is InChI=1S/C11H16BrN3O/c12-9-7-14-11(13)15-10(9)16-8-5-3-1-2-4-6-8/h7-8H,1-6H2,(H2,13,14,15). The molecule has 0 saturated heterocycles. The van der Waals surface area contributed by atoms with Crippen LogP contribution in [0.25, 0.3) is 0 Å². The van der Waals surface area contributed by atoms with E-state index in [0.717, 1.165) is 17.3 Å². The van der Waals surface area contributed by atoms with Crippen LogP contribution in [0.15, 0.2) is 10.7 Å². The van der Waals surface area contributed by atoms with E-state index in [9.17, 15) is 0 Å². The van der Waals surface area contributed by atoms with Gasteiger partial charge in [-0.25, -0.2) is 4.98 Å². The van der Waals surface area contributed by atoms with E-state index in [4.69, 9.17) is 10.5 Å². The van der Waals surface area contributed by atoms with Crippen LogP contribution in [0, 0.1) is 0 Å². The van der Waals surface area contributed by atoms with E-state index in [1.54, 1.807) is 6.20 Å². The van der Waals surface area contributed by atoms with Crippen molar-refractivity contribution < 1.29 is 4.74 Å². The van der Waals surface area contributed by atoms with E-state index < -0.39 is 0 Å². The van der Waals surface area contributed by atoms with Crippen molar-refractivity contribution in [1.82, 2.24) is 9.97 Å². The molecule has 1 aromatic heterocycles. The average molecular weight is 286 g/mol. The topological polar surface area (TPSA) is 61.0 Å². The molecule has 1 aliphatic carbocycles. The van der Waals surface area contributed by atoms with Crippen LogP contribution in [-0.2, 0) is 0 Å². The van der Waals surface area contributed by atoms with E-state index in [1.807, 2.05) is 0 Å². The molecule has 1 aliphatic rings. The molecule has 1 fully saturated rings. The van der Waals surface area contributed by atoms with E-state index in [-0.39, 0.29) is 12.1 Å². The molecule has 0 aliphatic heterocycles. The molecular weight excluding hydrogens is 270 g/mol. The van der Waals surface area contributed by atoms with Crippen LogP contribution in [-0.4, -0.2) is 16.1 Å². The first kappa shape index (κ1) is 11.6. The molecule has 0 atom stereocenters. The summed E-state index contributed by atoms with van der Waals surface area (Å²) >= 11 is 3.37. The average Bonchev–Trinajstić information content (AvgIpc) is 2.52. The van der Waals surface area contributed by atoms with Gasteiger partial charge in [0, 0.05) is 0 Å². The summed E-state index contributed by atoms with van der Waals surface area (Å²) in [5.74, 6) is 0.825. The number of anilines is 1. The normalized spacial score (nSPS) is 18.1. The second-order valence-corrected chi connectivity index (χ2v) is 4.97. The monoisotopic (exact) mass is 285 g/mol. The van der Waals surface area contributed by atoms with Crippen molar-refractivity contribution in [2.75, 3.05) is 5.73 Å². The maximum absolute atomic E-state index is 5.87. The molecule has 0 amide bonds. The second-order valence-electron chi connectivity index (χ2n) is 4.11. The van der Waals surface area contributed by atoms with Gasteiger partial charge in [-0.15, -0.1) is 0 Å². The number of halogens is 1. The zero-order chi connectivity index (χ0) is 11.4. The van der Waals surface area contributed by atoms with Gasteiger partial charge in [-0.2, -0.15) is 4.98 Å². The van der Waals surface area contributed by atoms with Crippen LogP contribution in [0.1, 0.15) is 38.5 Å². The lowest BCUT2D eigenvalue weighted by atomic mass is 10.1. The molecular formula is C11H16BrN3O. The van der Waals surface area contributed by atoms with Gasteiger partial charge in [0.15, 0.2) is 0 Å². The van der Waals surface area contributed by atoms with Crippen LogP contribution in [0.3, 0.4) is 0 Å². The van der Waals surface area contributed by atoms with Crippen molar-refractivity contribution in [2.45, 2.75) is 44.6 Å².